The third kappa shape index (κ3) is 4.03. The van der Waals surface area contributed by atoms with Gasteiger partial charge in [0.25, 0.3) is 0 Å². The van der Waals surface area contributed by atoms with Crippen molar-refractivity contribution in [2.75, 3.05) is 13.1 Å². The van der Waals surface area contributed by atoms with E-state index in [1.54, 1.807) is 24.0 Å². The van der Waals surface area contributed by atoms with Crippen LogP contribution in [0.4, 0.5) is 0 Å². The second-order valence-electron chi connectivity index (χ2n) is 8.78. The van der Waals surface area contributed by atoms with E-state index in [4.69, 9.17) is 0 Å². The number of benzene rings is 1. The molecule has 0 bridgehead atoms. The summed E-state index contributed by atoms with van der Waals surface area (Å²) in [7, 11) is 0. The van der Waals surface area contributed by atoms with E-state index >= 15 is 0 Å². The number of nitrogens with one attached hydrogen (secondary N) is 1. The standard InChI is InChI=1S/C26H24N6OS/c33-24(31-9-3-4-10-31)6-2-1-5-21-12-20(15-34-21)25-23-13-19-8-7-18(14-32-17-27-16-28-32)11-22(19)26(23)30-29-25/h7-8,11-12,15-17H,2-4,6,9-10,13-14H2,(H,29,30). The Morgan fingerprint density at radius 1 is 1.21 bits per heavy atom. The highest BCUT2D eigenvalue weighted by molar-refractivity contribution is 7.11. The van der Waals surface area contributed by atoms with Crippen LogP contribution in [0.2, 0.25) is 0 Å². The number of hydrogen-bond acceptors (Lipinski definition) is 5. The van der Waals surface area contributed by atoms with Crippen molar-refractivity contribution in [2.24, 2.45) is 0 Å². The van der Waals surface area contributed by atoms with Crippen LogP contribution < -0.4 is 0 Å². The van der Waals surface area contributed by atoms with Gasteiger partial charge in [0.15, 0.2) is 0 Å². The van der Waals surface area contributed by atoms with E-state index < -0.39 is 0 Å². The minimum atomic E-state index is 0.231. The molecule has 0 spiro atoms. The number of carbonyl (C=O) groups excluding carboxylic acids is 1. The first-order chi connectivity index (χ1) is 16.7. The van der Waals surface area contributed by atoms with Crippen molar-refractivity contribution in [3.8, 4) is 34.4 Å². The summed E-state index contributed by atoms with van der Waals surface area (Å²) in [5.74, 6) is 6.64. The fraction of sp³-hybridized carbons (Fsp3) is 0.308. The molecule has 0 radical (unpaired) electrons. The number of thiophene rings is 1. The summed E-state index contributed by atoms with van der Waals surface area (Å²) in [5, 5.41) is 14.2. The predicted octanol–water partition coefficient (Wildman–Crippen LogP) is 4.10. The second-order valence-corrected chi connectivity index (χ2v) is 9.69. The molecular weight excluding hydrogens is 444 g/mol. The van der Waals surface area contributed by atoms with E-state index in [1.165, 1.54) is 22.3 Å². The maximum Gasteiger partial charge on any atom is 0.223 e. The number of carbonyl (C=O) groups is 1. The van der Waals surface area contributed by atoms with Gasteiger partial charge < -0.3 is 4.90 Å². The lowest BCUT2D eigenvalue weighted by Gasteiger charge is -2.13. The first kappa shape index (κ1) is 20.9. The first-order valence-corrected chi connectivity index (χ1v) is 12.5. The van der Waals surface area contributed by atoms with Gasteiger partial charge >= 0.3 is 0 Å². The van der Waals surface area contributed by atoms with Crippen LogP contribution in [0.25, 0.3) is 22.5 Å². The molecule has 6 rings (SSSR count). The zero-order chi connectivity index (χ0) is 22.9. The minimum Gasteiger partial charge on any atom is -0.343 e. The van der Waals surface area contributed by atoms with E-state index in [9.17, 15) is 4.79 Å². The molecule has 1 N–H and O–H groups in total. The number of fused-ring (bicyclic) bond motifs is 3. The number of nitrogens with zero attached hydrogens (tertiary/aromatic N) is 5. The van der Waals surface area contributed by atoms with Crippen molar-refractivity contribution < 1.29 is 4.79 Å². The number of amides is 1. The third-order valence-electron chi connectivity index (χ3n) is 6.50. The molecule has 34 heavy (non-hydrogen) atoms. The van der Waals surface area contributed by atoms with Crippen molar-refractivity contribution in [3.05, 3.63) is 63.9 Å². The number of aromatic amines is 1. The average Bonchev–Trinajstić information content (AvgIpc) is 3.65. The zero-order valence-electron chi connectivity index (χ0n) is 18.8. The maximum absolute atomic E-state index is 12.2. The Bertz CT molecular complexity index is 1400. The maximum atomic E-state index is 12.2. The quantitative estimate of drug-likeness (QED) is 0.394. The molecule has 1 fully saturated rings. The highest BCUT2D eigenvalue weighted by atomic mass is 32.1. The summed E-state index contributed by atoms with van der Waals surface area (Å²) in [6, 6.07) is 8.69. The Labute approximate surface area is 201 Å². The van der Waals surface area contributed by atoms with Gasteiger partial charge in [0.05, 0.1) is 22.8 Å². The van der Waals surface area contributed by atoms with E-state index in [-0.39, 0.29) is 5.91 Å². The van der Waals surface area contributed by atoms with Crippen LogP contribution in [0.15, 0.2) is 42.3 Å². The molecule has 4 heterocycles. The Kier molecular flexibility index (Phi) is 5.47. The molecular formula is C26H24N6OS. The summed E-state index contributed by atoms with van der Waals surface area (Å²) in [5.41, 5.74) is 8.14. The largest absolute Gasteiger partial charge is 0.343 e. The Morgan fingerprint density at radius 2 is 2.12 bits per heavy atom. The van der Waals surface area contributed by atoms with Crippen LogP contribution in [-0.4, -0.2) is 48.9 Å². The van der Waals surface area contributed by atoms with Gasteiger partial charge in [-0.2, -0.15) is 10.2 Å². The van der Waals surface area contributed by atoms with Crippen molar-refractivity contribution in [1.29, 1.82) is 0 Å². The van der Waals surface area contributed by atoms with Gasteiger partial charge in [0, 0.05) is 54.4 Å². The molecule has 8 heteroatoms. The van der Waals surface area contributed by atoms with Crippen molar-refractivity contribution >= 4 is 17.2 Å². The summed E-state index contributed by atoms with van der Waals surface area (Å²) < 4.78 is 1.83. The normalized spacial score (nSPS) is 14.1. The highest BCUT2D eigenvalue weighted by Gasteiger charge is 2.25. The molecule has 0 atom stereocenters. The molecule has 1 amide bonds. The number of likely N-dealkylation sites (tertiary alicyclic amines) is 1. The second kappa shape index (κ2) is 8.92. The smallest absolute Gasteiger partial charge is 0.223 e. The first-order valence-electron chi connectivity index (χ1n) is 11.6. The minimum absolute atomic E-state index is 0.231. The van der Waals surface area contributed by atoms with E-state index in [2.05, 4.69) is 61.8 Å². The van der Waals surface area contributed by atoms with Crippen molar-refractivity contribution in [2.45, 2.75) is 38.6 Å². The SMILES string of the molecule is O=C(CCC#Cc1cc(-c2n[nH]c3c2Cc2ccc(Cn4cncn4)cc2-3)cs1)N1CCCC1. The number of H-pyrrole nitrogens is 1. The van der Waals surface area contributed by atoms with Gasteiger partial charge in [0.2, 0.25) is 5.91 Å². The molecule has 1 aliphatic heterocycles. The van der Waals surface area contributed by atoms with Gasteiger partial charge in [-0.25, -0.2) is 9.67 Å². The fourth-order valence-corrected chi connectivity index (χ4v) is 5.53. The van der Waals surface area contributed by atoms with Crippen LogP contribution in [-0.2, 0) is 17.8 Å². The fourth-order valence-electron chi connectivity index (χ4n) is 4.77. The van der Waals surface area contributed by atoms with Gasteiger partial charge in [-0.15, -0.1) is 11.3 Å². The Hall–Kier alpha value is -3.70. The third-order valence-corrected chi connectivity index (χ3v) is 7.34. The summed E-state index contributed by atoms with van der Waals surface area (Å²) >= 11 is 1.63. The molecule has 3 aromatic heterocycles. The molecule has 1 aliphatic carbocycles. The molecule has 170 valence electrons. The van der Waals surface area contributed by atoms with Gasteiger partial charge in [-0.3, -0.25) is 9.89 Å². The summed E-state index contributed by atoms with van der Waals surface area (Å²) in [4.78, 5) is 19.1. The summed E-state index contributed by atoms with van der Waals surface area (Å²) in [6.45, 7) is 2.50. The van der Waals surface area contributed by atoms with Crippen LogP contribution in [0.1, 0.15) is 47.3 Å². The lowest BCUT2D eigenvalue weighted by atomic mass is 10.1. The molecule has 7 nitrogen and oxygen atoms in total. The van der Waals surface area contributed by atoms with Crippen LogP contribution in [0.3, 0.4) is 0 Å². The molecule has 0 saturated carbocycles. The van der Waals surface area contributed by atoms with E-state index in [0.29, 0.717) is 19.4 Å². The molecule has 1 saturated heterocycles. The predicted molar refractivity (Wildman–Crippen MR) is 131 cm³/mol. The van der Waals surface area contributed by atoms with Crippen molar-refractivity contribution in [3.63, 3.8) is 0 Å². The van der Waals surface area contributed by atoms with Gasteiger partial charge in [0.1, 0.15) is 12.7 Å². The molecule has 0 unspecified atom stereocenters. The molecule has 1 aromatic carbocycles. The van der Waals surface area contributed by atoms with Crippen LogP contribution in [0.5, 0.6) is 0 Å². The number of hydrogen-bond donors (Lipinski definition) is 1. The monoisotopic (exact) mass is 468 g/mol. The highest BCUT2D eigenvalue weighted by Crippen LogP contribution is 2.41. The van der Waals surface area contributed by atoms with Gasteiger partial charge in [-0.1, -0.05) is 24.0 Å². The Balaban J connectivity index is 1.15. The van der Waals surface area contributed by atoms with Crippen molar-refractivity contribution in [1.82, 2.24) is 29.9 Å². The molecule has 4 aromatic rings. The van der Waals surface area contributed by atoms with Crippen LogP contribution in [0, 0.1) is 11.8 Å². The van der Waals surface area contributed by atoms with Crippen LogP contribution >= 0.6 is 11.3 Å². The average molecular weight is 469 g/mol. The topological polar surface area (TPSA) is 79.7 Å². The lowest BCUT2D eigenvalue weighted by molar-refractivity contribution is -0.129. The number of aromatic nitrogens is 5. The van der Waals surface area contributed by atoms with E-state index in [1.807, 2.05) is 9.58 Å². The lowest BCUT2D eigenvalue weighted by Crippen LogP contribution is -2.27. The van der Waals surface area contributed by atoms with E-state index in [0.717, 1.165) is 54.2 Å². The Morgan fingerprint density at radius 3 is 2.97 bits per heavy atom. The van der Waals surface area contributed by atoms with Gasteiger partial charge in [-0.05, 0) is 36.1 Å². The number of rotatable bonds is 5. The zero-order valence-corrected chi connectivity index (χ0v) is 19.6. The molecule has 2 aliphatic rings. The summed E-state index contributed by atoms with van der Waals surface area (Å²) in [6.07, 6.45) is 7.52.